The van der Waals surface area contributed by atoms with Gasteiger partial charge < -0.3 is 19.8 Å². The summed E-state index contributed by atoms with van der Waals surface area (Å²) in [4.78, 5) is 14.0. The van der Waals surface area contributed by atoms with Gasteiger partial charge in [0.15, 0.2) is 0 Å². The Bertz CT molecular complexity index is 425. The number of morpholine rings is 1. The molecule has 110 valence electrons. The van der Waals surface area contributed by atoms with E-state index in [0.29, 0.717) is 12.6 Å². The number of rotatable bonds is 5. The summed E-state index contributed by atoms with van der Waals surface area (Å²) >= 11 is 0. The largest absolute Gasteiger partial charge is 0.468 e. The van der Waals surface area contributed by atoms with Crippen LogP contribution in [-0.2, 0) is 4.74 Å². The maximum absolute atomic E-state index is 11.8. The molecule has 3 rings (SSSR count). The van der Waals surface area contributed by atoms with Crippen molar-refractivity contribution >= 4 is 6.03 Å². The summed E-state index contributed by atoms with van der Waals surface area (Å²) in [6.07, 6.45) is 3.87. The number of nitrogens with zero attached hydrogens (tertiary/aromatic N) is 1. The standard InChI is InChI=1S/C14H21N3O3/c18-14(16-11-3-4-11)15-10-12(13-2-1-7-20-13)17-5-8-19-9-6-17/h1-2,7,11-12H,3-6,8-10H2,(H2,15,16,18)/t12-/m1/s1. The van der Waals surface area contributed by atoms with E-state index in [1.807, 2.05) is 12.1 Å². The molecule has 2 aliphatic rings. The second kappa shape index (κ2) is 6.28. The molecule has 0 unspecified atom stereocenters. The summed E-state index contributed by atoms with van der Waals surface area (Å²) in [6, 6.07) is 4.20. The predicted molar refractivity (Wildman–Crippen MR) is 73.4 cm³/mol. The Morgan fingerprint density at radius 2 is 2.20 bits per heavy atom. The lowest BCUT2D eigenvalue weighted by Gasteiger charge is -2.33. The minimum Gasteiger partial charge on any atom is -0.468 e. The molecule has 2 fully saturated rings. The van der Waals surface area contributed by atoms with Crippen LogP contribution in [0.4, 0.5) is 4.79 Å². The van der Waals surface area contributed by atoms with Gasteiger partial charge in [-0.2, -0.15) is 0 Å². The average Bonchev–Trinajstić information content (AvgIpc) is 3.12. The van der Waals surface area contributed by atoms with Crippen LogP contribution in [-0.4, -0.2) is 49.8 Å². The van der Waals surface area contributed by atoms with E-state index in [0.717, 1.165) is 44.9 Å². The normalized spacial score (nSPS) is 21.4. The van der Waals surface area contributed by atoms with E-state index in [-0.39, 0.29) is 12.1 Å². The Morgan fingerprint density at radius 1 is 1.40 bits per heavy atom. The van der Waals surface area contributed by atoms with Crippen LogP contribution < -0.4 is 10.6 Å². The highest BCUT2D eigenvalue weighted by atomic mass is 16.5. The number of urea groups is 1. The topological polar surface area (TPSA) is 66.7 Å². The summed E-state index contributed by atoms with van der Waals surface area (Å²) in [7, 11) is 0. The molecule has 2 N–H and O–H groups in total. The molecule has 0 spiro atoms. The van der Waals surface area contributed by atoms with Crippen LogP contribution in [0.2, 0.25) is 0 Å². The lowest BCUT2D eigenvalue weighted by molar-refractivity contribution is 0.0123. The van der Waals surface area contributed by atoms with Crippen molar-refractivity contribution < 1.29 is 13.9 Å². The fourth-order valence-corrected chi connectivity index (χ4v) is 2.43. The third-order valence-corrected chi connectivity index (χ3v) is 3.73. The molecular formula is C14H21N3O3. The van der Waals surface area contributed by atoms with Crippen molar-refractivity contribution in [3.63, 3.8) is 0 Å². The molecule has 2 heterocycles. The number of nitrogens with one attached hydrogen (secondary N) is 2. The van der Waals surface area contributed by atoms with Crippen molar-refractivity contribution in [3.8, 4) is 0 Å². The van der Waals surface area contributed by atoms with E-state index in [4.69, 9.17) is 9.15 Å². The van der Waals surface area contributed by atoms with E-state index in [2.05, 4.69) is 15.5 Å². The van der Waals surface area contributed by atoms with Crippen LogP contribution in [0.5, 0.6) is 0 Å². The number of amides is 2. The van der Waals surface area contributed by atoms with Crippen molar-refractivity contribution in [1.29, 1.82) is 0 Å². The van der Waals surface area contributed by atoms with E-state index < -0.39 is 0 Å². The summed E-state index contributed by atoms with van der Waals surface area (Å²) < 4.78 is 10.9. The van der Waals surface area contributed by atoms with Gasteiger partial charge in [-0.15, -0.1) is 0 Å². The highest BCUT2D eigenvalue weighted by molar-refractivity contribution is 5.74. The van der Waals surface area contributed by atoms with Gasteiger partial charge in [-0.1, -0.05) is 0 Å². The average molecular weight is 279 g/mol. The van der Waals surface area contributed by atoms with Crippen molar-refractivity contribution in [2.24, 2.45) is 0 Å². The van der Waals surface area contributed by atoms with E-state index in [1.54, 1.807) is 6.26 Å². The maximum atomic E-state index is 11.8. The second-order valence-corrected chi connectivity index (χ2v) is 5.31. The molecule has 6 heteroatoms. The van der Waals surface area contributed by atoms with Crippen LogP contribution in [0.1, 0.15) is 24.6 Å². The first-order valence-electron chi connectivity index (χ1n) is 7.22. The first kappa shape index (κ1) is 13.5. The summed E-state index contributed by atoms with van der Waals surface area (Å²) in [6.45, 7) is 3.72. The van der Waals surface area contributed by atoms with E-state index in [1.165, 1.54) is 0 Å². The zero-order valence-electron chi connectivity index (χ0n) is 11.5. The molecule has 1 saturated heterocycles. The quantitative estimate of drug-likeness (QED) is 0.847. The SMILES string of the molecule is O=C(NC[C@H](c1ccco1)N1CCOCC1)NC1CC1. The Hall–Kier alpha value is -1.53. The number of carbonyl (C=O) groups is 1. The maximum Gasteiger partial charge on any atom is 0.315 e. The zero-order chi connectivity index (χ0) is 13.8. The molecule has 2 amide bonds. The minimum absolute atomic E-state index is 0.0684. The number of ether oxygens (including phenoxy) is 1. The van der Waals surface area contributed by atoms with Crippen LogP contribution >= 0.6 is 0 Å². The number of carbonyl (C=O) groups excluding carboxylic acids is 1. The van der Waals surface area contributed by atoms with Crippen molar-refractivity contribution in [2.75, 3.05) is 32.8 Å². The smallest absolute Gasteiger partial charge is 0.315 e. The molecule has 0 bridgehead atoms. The van der Waals surface area contributed by atoms with E-state index in [9.17, 15) is 4.79 Å². The molecule has 1 aromatic heterocycles. The van der Waals surface area contributed by atoms with Gasteiger partial charge in [0.25, 0.3) is 0 Å². The highest BCUT2D eigenvalue weighted by Gasteiger charge is 2.27. The summed E-state index contributed by atoms with van der Waals surface area (Å²) in [5.74, 6) is 0.888. The Balaban J connectivity index is 1.57. The monoisotopic (exact) mass is 279 g/mol. The third kappa shape index (κ3) is 3.52. The van der Waals surface area contributed by atoms with E-state index >= 15 is 0 Å². The van der Waals surface area contributed by atoms with Gasteiger partial charge in [-0.25, -0.2) is 4.79 Å². The lowest BCUT2D eigenvalue weighted by atomic mass is 10.1. The van der Waals surface area contributed by atoms with Crippen molar-refractivity contribution in [3.05, 3.63) is 24.2 Å². The highest BCUT2D eigenvalue weighted by Crippen LogP contribution is 2.22. The first-order valence-corrected chi connectivity index (χ1v) is 7.22. The Labute approximate surface area is 118 Å². The molecule has 1 saturated carbocycles. The summed E-state index contributed by atoms with van der Waals surface area (Å²) in [5, 5.41) is 5.88. The number of hydrogen-bond acceptors (Lipinski definition) is 4. The van der Waals surface area contributed by atoms with Crippen LogP contribution in [0.15, 0.2) is 22.8 Å². The molecule has 1 aromatic rings. The fraction of sp³-hybridized carbons (Fsp3) is 0.643. The van der Waals surface area contributed by atoms with Crippen LogP contribution in [0, 0.1) is 0 Å². The van der Waals surface area contributed by atoms with Crippen molar-refractivity contribution in [2.45, 2.75) is 24.9 Å². The molecule has 1 atom stereocenters. The Morgan fingerprint density at radius 3 is 2.85 bits per heavy atom. The van der Waals surface area contributed by atoms with Gasteiger partial charge >= 0.3 is 6.03 Å². The molecule has 20 heavy (non-hydrogen) atoms. The van der Waals surface area contributed by atoms with Crippen molar-refractivity contribution in [1.82, 2.24) is 15.5 Å². The van der Waals surface area contributed by atoms with Gasteiger partial charge in [0.05, 0.1) is 25.5 Å². The molecule has 0 aromatic carbocycles. The van der Waals surface area contributed by atoms with Crippen LogP contribution in [0.25, 0.3) is 0 Å². The number of furan rings is 1. The van der Waals surface area contributed by atoms with Gasteiger partial charge in [-0.3, -0.25) is 4.90 Å². The van der Waals surface area contributed by atoms with Gasteiger partial charge in [0.2, 0.25) is 0 Å². The predicted octanol–water partition coefficient (Wildman–Crippen LogP) is 1.11. The molecule has 6 nitrogen and oxygen atoms in total. The van der Waals surface area contributed by atoms with Gasteiger partial charge in [0, 0.05) is 25.7 Å². The minimum atomic E-state index is -0.0858. The van der Waals surface area contributed by atoms with Gasteiger partial charge in [-0.05, 0) is 25.0 Å². The molecular weight excluding hydrogens is 258 g/mol. The molecule has 1 aliphatic carbocycles. The molecule has 0 radical (unpaired) electrons. The van der Waals surface area contributed by atoms with Gasteiger partial charge in [0.1, 0.15) is 5.76 Å². The zero-order valence-corrected chi connectivity index (χ0v) is 11.5. The number of hydrogen-bond donors (Lipinski definition) is 2. The fourth-order valence-electron chi connectivity index (χ4n) is 2.43. The lowest BCUT2D eigenvalue weighted by Crippen LogP contribution is -2.46. The third-order valence-electron chi connectivity index (χ3n) is 3.73. The molecule has 1 aliphatic heterocycles. The van der Waals surface area contributed by atoms with Crippen LogP contribution in [0.3, 0.4) is 0 Å². The summed E-state index contributed by atoms with van der Waals surface area (Å²) in [5.41, 5.74) is 0. The Kier molecular flexibility index (Phi) is 4.22. The second-order valence-electron chi connectivity index (χ2n) is 5.31. The first-order chi connectivity index (χ1) is 9.83.